The number of piperidine rings is 1. The number of hydrogen-bond acceptors (Lipinski definition) is 5. The fourth-order valence-electron chi connectivity index (χ4n) is 4.35. The summed E-state index contributed by atoms with van der Waals surface area (Å²) in [4.78, 5) is 42.4. The Hall–Kier alpha value is -3.42. The van der Waals surface area contributed by atoms with Crippen LogP contribution in [-0.2, 0) is 9.59 Å². The van der Waals surface area contributed by atoms with Gasteiger partial charge in [-0.25, -0.2) is 0 Å². The number of piperazine rings is 1. The molecule has 2 aromatic rings. The van der Waals surface area contributed by atoms with Crippen molar-refractivity contribution in [3.05, 3.63) is 70.3 Å². The molecule has 0 bridgehead atoms. The summed E-state index contributed by atoms with van der Waals surface area (Å²) < 4.78 is 0. The van der Waals surface area contributed by atoms with Gasteiger partial charge in [0.15, 0.2) is 0 Å². The van der Waals surface area contributed by atoms with Crippen LogP contribution in [0.5, 0.6) is 0 Å². The summed E-state index contributed by atoms with van der Waals surface area (Å²) in [6.45, 7) is 2.78. The molecular weight excluding hydrogens is 396 g/mol. The molecule has 0 radical (unpaired) electrons. The first-order valence-electron chi connectivity index (χ1n) is 10.7. The number of carbonyl (C=O) groups excluding carboxylic acids is 2. The van der Waals surface area contributed by atoms with Crippen LogP contribution in [-0.4, -0.2) is 59.3 Å². The van der Waals surface area contributed by atoms with Crippen molar-refractivity contribution in [2.75, 3.05) is 37.6 Å². The molecule has 2 aliphatic heterocycles. The van der Waals surface area contributed by atoms with Gasteiger partial charge in [-0.2, -0.15) is 0 Å². The molecule has 2 heterocycles. The summed E-state index contributed by atoms with van der Waals surface area (Å²) in [6, 6.07) is 15.5. The van der Waals surface area contributed by atoms with Crippen LogP contribution >= 0.6 is 0 Å². The van der Waals surface area contributed by atoms with Crippen LogP contribution in [0.4, 0.5) is 11.4 Å². The Labute approximate surface area is 181 Å². The maximum Gasteiger partial charge on any atom is 0.271 e. The zero-order chi connectivity index (χ0) is 21.8. The molecule has 162 valence electrons. The van der Waals surface area contributed by atoms with Gasteiger partial charge >= 0.3 is 0 Å². The number of anilines is 1. The normalized spacial score (nSPS) is 18.1. The van der Waals surface area contributed by atoms with E-state index >= 15 is 0 Å². The Kier molecular flexibility index (Phi) is 6.16. The fourth-order valence-corrected chi connectivity index (χ4v) is 4.35. The van der Waals surface area contributed by atoms with Gasteiger partial charge in [-0.15, -0.1) is 0 Å². The number of nitro groups is 1. The molecule has 2 saturated heterocycles. The standard InChI is InChI=1S/C23H26N4O4/c28-21-11-4-5-12-26(21)22(18-7-2-1-3-8-18)23(29)25-15-13-24(14-16-25)19-9-6-10-20(17-19)27(30)31/h1-3,6-10,17,22H,4-5,11-16H2. The summed E-state index contributed by atoms with van der Waals surface area (Å²) in [5, 5.41) is 11.1. The third-order valence-corrected chi connectivity index (χ3v) is 6.02. The third kappa shape index (κ3) is 4.52. The van der Waals surface area contributed by atoms with Gasteiger partial charge in [0.2, 0.25) is 11.8 Å². The zero-order valence-corrected chi connectivity index (χ0v) is 17.4. The van der Waals surface area contributed by atoms with E-state index in [4.69, 9.17) is 0 Å². The van der Waals surface area contributed by atoms with Crippen molar-refractivity contribution in [2.24, 2.45) is 0 Å². The molecule has 2 aromatic carbocycles. The maximum atomic E-state index is 13.6. The monoisotopic (exact) mass is 422 g/mol. The second-order valence-electron chi connectivity index (χ2n) is 7.95. The molecule has 2 aliphatic rings. The van der Waals surface area contributed by atoms with E-state index in [0.717, 1.165) is 24.1 Å². The highest BCUT2D eigenvalue weighted by Gasteiger charge is 2.36. The highest BCUT2D eigenvalue weighted by Crippen LogP contribution is 2.29. The Bertz CT molecular complexity index is 957. The molecule has 0 N–H and O–H groups in total. The lowest BCUT2D eigenvalue weighted by atomic mass is 9.99. The van der Waals surface area contributed by atoms with E-state index in [1.54, 1.807) is 17.0 Å². The van der Waals surface area contributed by atoms with Gasteiger partial charge < -0.3 is 14.7 Å². The van der Waals surface area contributed by atoms with Crippen LogP contribution in [0.2, 0.25) is 0 Å². The molecule has 31 heavy (non-hydrogen) atoms. The first kappa shape index (κ1) is 20.8. The van der Waals surface area contributed by atoms with Crippen molar-refractivity contribution in [2.45, 2.75) is 25.3 Å². The lowest BCUT2D eigenvalue weighted by Crippen LogP contribution is -2.53. The topological polar surface area (TPSA) is 87.0 Å². The zero-order valence-electron chi connectivity index (χ0n) is 17.4. The van der Waals surface area contributed by atoms with Crippen molar-refractivity contribution in [1.29, 1.82) is 0 Å². The summed E-state index contributed by atoms with van der Waals surface area (Å²) in [6.07, 6.45) is 2.26. The molecule has 0 aliphatic carbocycles. The first-order chi connectivity index (χ1) is 15.0. The molecule has 1 atom stereocenters. The quantitative estimate of drug-likeness (QED) is 0.546. The molecule has 8 heteroatoms. The number of amides is 2. The van der Waals surface area contributed by atoms with Crippen LogP contribution in [0.3, 0.4) is 0 Å². The van der Waals surface area contributed by atoms with Gasteiger partial charge in [-0.1, -0.05) is 36.4 Å². The molecule has 1 unspecified atom stereocenters. The molecule has 0 saturated carbocycles. The average molecular weight is 422 g/mol. The van der Waals surface area contributed by atoms with Crippen molar-refractivity contribution in [3.8, 4) is 0 Å². The fraction of sp³-hybridized carbons (Fsp3) is 0.391. The molecular formula is C23H26N4O4. The van der Waals surface area contributed by atoms with Gasteiger partial charge in [-0.3, -0.25) is 19.7 Å². The van der Waals surface area contributed by atoms with E-state index in [-0.39, 0.29) is 17.5 Å². The van der Waals surface area contributed by atoms with Gasteiger partial charge in [0.05, 0.1) is 4.92 Å². The Morgan fingerprint density at radius 3 is 2.35 bits per heavy atom. The third-order valence-electron chi connectivity index (χ3n) is 6.02. The smallest absolute Gasteiger partial charge is 0.271 e. The Morgan fingerprint density at radius 1 is 0.935 bits per heavy atom. The predicted molar refractivity (Wildman–Crippen MR) is 117 cm³/mol. The Balaban J connectivity index is 1.49. The maximum absolute atomic E-state index is 13.6. The van der Waals surface area contributed by atoms with E-state index < -0.39 is 11.0 Å². The number of hydrogen-bond donors (Lipinski definition) is 0. The highest BCUT2D eigenvalue weighted by atomic mass is 16.6. The SMILES string of the molecule is O=C(C(c1ccccc1)N1CCCCC1=O)N1CCN(c2cccc([N+](=O)[O-])c2)CC1. The van der Waals surface area contributed by atoms with Crippen LogP contribution in [0.1, 0.15) is 30.9 Å². The minimum absolute atomic E-state index is 0.0312. The second kappa shape index (κ2) is 9.16. The van der Waals surface area contributed by atoms with Crippen molar-refractivity contribution in [3.63, 3.8) is 0 Å². The van der Waals surface area contributed by atoms with E-state index in [1.165, 1.54) is 6.07 Å². The lowest BCUT2D eigenvalue weighted by Gasteiger charge is -2.40. The molecule has 2 amide bonds. The van der Waals surface area contributed by atoms with E-state index in [2.05, 4.69) is 4.90 Å². The second-order valence-corrected chi connectivity index (χ2v) is 7.95. The molecule has 2 fully saturated rings. The number of nitrogens with zero attached hydrogens (tertiary/aromatic N) is 4. The van der Waals surface area contributed by atoms with E-state index in [9.17, 15) is 19.7 Å². The number of nitro benzene ring substituents is 1. The number of benzene rings is 2. The highest BCUT2D eigenvalue weighted by molar-refractivity contribution is 5.89. The van der Waals surface area contributed by atoms with Gasteiger partial charge in [0, 0.05) is 57.0 Å². The van der Waals surface area contributed by atoms with Crippen LogP contribution in [0, 0.1) is 10.1 Å². The molecule has 8 nitrogen and oxygen atoms in total. The van der Waals surface area contributed by atoms with Crippen molar-refractivity contribution in [1.82, 2.24) is 9.80 Å². The number of rotatable bonds is 5. The lowest BCUT2D eigenvalue weighted by molar-refractivity contribution is -0.384. The number of carbonyl (C=O) groups is 2. The largest absolute Gasteiger partial charge is 0.368 e. The minimum atomic E-state index is -0.599. The van der Waals surface area contributed by atoms with Crippen LogP contribution in [0.15, 0.2) is 54.6 Å². The summed E-state index contributed by atoms with van der Waals surface area (Å²) in [5.74, 6) is -0.0242. The van der Waals surface area contributed by atoms with Gasteiger partial charge in [0.25, 0.3) is 5.69 Å². The average Bonchev–Trinajstić information content (AvgIpc) is 2.81. The van der Waals surface area contributed by atoms with E-state index in [1.807, 2.05) is 41.3 Å². The van der Waals surface area contributed by atoms with Crippen LogP contribution < -0.4 is 4.90 Å². The summed E-state index contributed by atoms with van der Waals surface area (Å²) in [5.41, 5.74) is 1.68. The molecule has 0 aromatic heterocycles. The van der Waals surface area contributed by atoms with Gasteiger partial charge in [0.1, 0.15) is 6.04 Å². The first-order valence-corrected chi connectivity index (χ1v) is 10.7. The molecule has 0 spiro atoms. The van der Waals surface area contributed by atoms with Gasteiger partial charge in [-0.05, 0) is 24.5 Å². The van der Waals surface area contributed by atoms with Crippen molar-refractivity contribution >= 4 is 23.2 Å². The van der Waals surface area contributed by atoms with E-state index in [0.29, 0.717) is 39.1 Å². The number of non-ortho nitro benzene ring substituents is 1. The van der Waals surface area contributed by atoms with Crippen LogP contribution in [0.25, 0.3) is 0 Å². The Morgan fingerprint density at radius 2 is 1.68 bits per heavy atom. The minimum Gasteiger partial charge on any atom is -0.368 e. The number of likely N-dealkylation sites (tertiary alicyclic amines) is 1. The summed E-state index contributed by atoms with van der Waals surface area (Å²) >= 11 is 0. The summed E-state index contributed by atoms with van der Waals surface area (Å²) in [7, 11) is 0. The van der Waals surface area contributed by atoms with Crippen molar-refractivity contribution < 1.29 is 14.5 Å². The molecule has 4 rings (SSSR count). The predicted octanol–water partition coefficient (Wildman–Crippen LogP) is 3.00.